The molecule has 0 fully saturated rings. The number of aliphatic hydroxyl groups excluding tert-OH is 1. The zero-order chi connectivity index (χ0) is 12.9. The van der Waals surface area contributed by atoms with Crippen LogP contribution in [-0.4, -0.2) is 11.2 Å². The molecule has 18 heavy (non-hydrogen) atoms. The first kappa shape index (κ1) is 15.5. The van der Waals surface area contributed by atoms with Crippen LogP contribution < -0.4 is 0 Å². The van der Waals surface area contributed by atoms with Gasteiger partial charge < -0.3 is 5.11 Å². The third kappa shape index (κ3) is 9.47. The van der Waals surface area contributed by atoms with Crippen molar-refractivity contribution in [3.63, 3.8) is 0 Å². The van der Waals surface area contributed by atoms with Gasteiger partial charge in [0.25, 0.3) is 0 Å². The molecule has 1 aliphatic carbocycles. The third-order valence-corrected chi connectivity index (χ3v) is 3.67. The van der Waals surface area contributed by atoms with E-state index in [-0.39, 0.29) is 6.10 Å². The summed E-state index contributed by atoms with van der Waals surface area (Å²) in [6, 6.07) is 0. The predicted octanol–water partition coefficient (Wildman–Crippen LogP) is 5.15. The summed E-state index contributed by atoms with van der Waals surface area (Å²) in [6.45, 7) is 0. The van der Waals surface area contributed by atoms with Gasteiger partial charge in [0, 0.05) is 0 Å². The molecule has 1 rings (SSSR count). The van der Waals surface area contributed by atoms with Crippen LogP contribution in [0.5, 0.6) is 0 Å². The van der Waals surface area contributed by atoms with Gasteiger partial charge in [-0.25, -0.2) is 0 Å². The summed E-state index contributed by atoms with van der Waals surface area (Å²) < 4.78 is 0. The first-order chi connectivity index (χ1) is 8.89. The number of hydrogen-bond acceptors (Lipinski definition) is 1. The Morgan fingerprint density at radius 1 is 0.611 bits per heavy atom. The highest BCUT2D eigenvalue weighted by Gasteiger charge is 2.03. The Labute approximate surface area is 113 Å². The van der Waals surface area contributed by atoms with Crippen molar-refractivity contribution in [1.29, 1.82) is 0 Å². The van der Waals surface area contributed by atoms with Crippen LogP contribution in [0.1, 0.15) is 77.0 Å². The third-order valence-electron chi connectivity index (χ3n) is 3.67. The Hall–Kier alpha value is -0.560. The van der Waals surface area contributed by atoms with E-state index < -0.39 is 0 Å². The van der Waals surface area contributed by atoms with Crippen molar-refractivity contribution in [2.45, 2.75) is 83.2 Å². The average Bonchev–Trinajstić information content (AvgIpc) is 2.37. The molecule has 0 bridgehead atoms. The molecular formula is C17H30O. The van der Waals surface area contributed by atoms with Gasteiger partial charge in [-0.3, -0.25) is 0 Å². The van der Waals surface area contributed by atoms with Crippen LogP contribution in [-0.2, 0) is 0 Å². The fourth-order valence-electron chi connectivity index (χ4n) is 2.47. The summed E-state index contributed by atoms with van der Waals surface area (Å²) in [5.41, 5.74) is 0. The van der Waals surface area contributed by atoms with Gasteiger partial charge in [0.2, 0.25) is 0 Å². The van der Waals surface area contributed by atoms with E-state index in [9.17, 15) is 5.11 Å². The molecule has 1 N–H and O–H groups in total. The maximum absolute atomic E-state index is 9.84. The molecule has 0 heterocycles. The molecule has 1 heteroatoms. The van der Waals surface area contributed by atoms with E-state index in [2.05, 4.69) is 24.3 Å². The fraction of sp³-hybridized carbons (Fsp3) is 0.765. The Bertz CT molecular complexity index is 230. The van der Waals surface area contributed by atoms with Gasteiger partial charge in [0.1, 0.15) is 0 Å². The molecule has 0 amide bonds. The topological polar surface area (TPSA) is 20.2 Å². The summed E-state index contributed by atoms with van der Waals surface area (Å²) >= 11 is 0. The Morgan fingerprint density at radius 2 is 1.11 bits per heavy atom. The summed E-state index contributed by atoms with van der Waals surface area (Å²) in [5.74, 6) is 0. The quantitative estimate of drug-likeness (QED) is 0.589. The molecule has 0 aromatic carbocycles. The second-order valence-electron chi connectivity index (χ2n) is 5.46. The van der Waals surface area contributed by atoms with Gasteiger partial charge in [0.15, 0.2) is 0 Å². The van der Waals surface area contributed by atoms with Crippen LogP contribution in [0.15, 0.2) is 24.3 Å². The molecule has 1 nitrogen and oxygen atoms in total. The first-order valence-electron chi connectivity index (χ1n) is 7.87. The van der Waals surface area contributed by atoms with Crippen LogP contribution in [0.3, 0.4) is 0 Å². The summed E-state index contributed by atoms with van der Waals surface area (Å²) in [5, 5.41) is 9.84. The van der Waals surface area contributed by atoms with E-state index in [0.717, 1.165) is 19.3 Å². The maximum Gasteiger partial charge on any atom is 0.0540 e. The zero-order valence-corrected chi connectivity index (χ0v) is 11.8. The largest absolute Gasteiger partial charge is 0.393 e. The summed E-state index contributed by atoms with van der Waals surface area (Å²) in [4.78, 5) is 0. The van der Waals surface area contributed by atoms with Crippen molar-refractivity contribution < 1.29 is 5.11 Å². The average molecular weight is 250 g/mol. The molecule has 104 valence electrons. The van der Waals surface area contributed by atoms with Gasteiger partial charge in [-0.05, 0) is 44.9 Å². The van der Waals surface area contributed by atoms with Crippen LogP contribution >= 0.6 is 0 Å². The molecule has 1 atom stereocenters. The molecular weight excluding hydrogens is 220 g/mol. The molecule has 1 unspecified atom stereocenters. The van der Waals surface area contributed by atoms with Gasteiger partial charge in [0.05, 0.1) is 6.10 Å². The minimum atomic E-state index is -0.0497. The van der Waals surface area contributed by atoms with Gasteiger partial charge in [-0.2, -0.15) is 0 Å². The minimum absolute atomic E-state index is 0.0497. The zero-order valence-electron chi connectivity index (χ0n) is 11.8. The standard InChI is InChI=1S/C17H30O/c18-17-15-13-11-9-7-5-3-1-2-4-6-8-10-12-14-16-17/h1-2,5,7,17-18H,3-4,6,8-16H2/b2-1-,7-5-. The highest BCUT2D eigenvalue weighted by molar-refractivity contribution is 4.92. The Morgan fingerprint density at radius 3 is 1.83 bits per heavy atom. The van der Waals surface area contributed by atoms with Crippen LogP contribution in [0, 0.1) is 0 Å². The van der Waals surface area contributed by atoms with Gasteiger partial charge in [-0.1, -0.05) is 56.4 Å². The van der Waals surface area contributed by atoms with Gasteiger partial charge >= 0.3 is 0 Å². The fourth-order valence-corrected chi connectivity index (χ4v) is 2.47. The van der Waals surface area contributed by atoms with E-state index in [1.54, 1.807) is 0 Å². The molecule has 0 aliphatic heterocycles. The van der Waals surface area contributed by atoms with E-state index in [0.29, 0.717) is 0 Å². The van der Waals surface area contributed by atoms with Crippen molar-refractivity contribution >= 4 is 0 Å². The SMILES string of the molecule is OC1CCCC/C=C\C/C=C\CCCCCCC1. The van der Waals surface area contributed by atoms with Crippen LogP contribution in [0.4, 0.5) is 0 Å². The number of allylic oxidation sites excluding steroid dienone is 4. The summed E-state index contributed by atoms with van der Waals surface area (Å²) in [6.07, 6.45) is 23.5. The monoisotopic (exact) mass is 250 g/mol. The van der Waals surface area contributed by atoms with E-state index in [1.807, 2.05) is 0 Å². The van der Waals surface area contributed by atoms with E-state index >= 15 is 0 Å². The Kier molecular flexibility index (Phi) is 9.92. The van der Waals surface area contributed by atoms with Crippen molar-refractivity contribution in [2.75, 3.05) is 0 Å². The Balaban J connectivity index is 2.21. The van der Waals surface area contributed by atoms with Crippen LogP contribution in [0.25, 0.3) is 0 Å². The minimum Gasteiger partial charge on any atom is -0.393 e. The van der Waals surface area contributed by atoms with Crippen molar-refractivity contribution in [3.05, 3.63) is 24.3 Å². The molecule has 0 aromatic heterocycles. The van der Waals surface area contributed by atoms with Crippen molar-refractivity contribution in [3.8, 4) is 0 Å². The lowest BCUT2D eigenvalue weighted by Gasteiger charge is -2.09. The van der Waals surface area contributed by atoms with Crippen LogP contribution in [0.2, 0.25) is 0 Å². The lowest BCUT2D eigenvalue weighted by atomic mass is 10.0. The maximum atomic E-state index is 9.84. The lowest BCUT2D eigenvalue weighted by molar-refractivity contribution is 0.147. The molecule has 0 spiro atoms. The van der Waals surface area contributed by atoms with Gasteiger partial charge in [-0.15, -0.1) is 0 Å². The second kappa shape index (κ2) is 11.5. The molecule has 0 saturated heterocycles. The second-order valence-corrected chi connectivity index (χ2v) is 5.46. The molecule has 1 aliphatic rings. The number of hydrogen-bond donors (Lipinski definition) is 1. The normalized spacial score (nSPS) is 29.3. The number of rotatable bonds is 0. The molecule has 0 saturated carbocycles. The smallest absolute Gasteiger partial charge is 0.0540 e. The first-order valence-corrected chi connectivity index (χ1v) is 7.87. The van der Waals surface area contributed by atoms with Crippen molar-refractivity contribution in [2.24, 2.45) is 0 Å². The highest BCUT2D eigenvalue weighted by atomic mass is 16.3. The molecule has 0 aromatic rings. The van der Waals surface area contributed by atoms with E-state index in [1.165, 1.54) is 57.8 Å². The number of aliphatic hydroxyl groups is 1. The molecule has 0 radical (unpaired) electrons. The predicted molar refractivity (Wildman–Crippen MR) is 79.7 cm³/mol. The highest BCUT2D eigenvalue weighted by Crippen LogP contribution is 2.13. The van der Waals surface area contributed by atoms with Crippen molar-refractivity contribution in [1.82, 2.24) is 0 Å². The summed E-state index contributed by atoms with van der Waals surface area (Å²) in [7, 11) is 0. The van der Waals surface area contributed by atoms with E-state index in [4.69, 9.17) is 0 Å². The lowest BCUT2D eigenvalue weighted by Crippen LogP contribution is -2.05.